The molecule has 0 spiro atoms. The zero-order valence-corrected chi connectivity index (χ0v) is 11.0. The number of hydrogen-bond acceptors (Lipinski definition) is 0. The molecule has 0 radical (unpaired) electrons. The third-order valence-corrected chi connectivity index (χ3v) is 16.7. The quantitative estimate of drug-likeness (QED) is 0.484. The van der Waals surface area contributed by atoms with Crippen molar-refractivity contribution in [2.24, 2.45) is 0 Å². The Morgan fingerprint density at radius 3 is 1.42 bits per heavy atom. The molecule has 0 saturated carbocycles. The van der Waals surface area contributed by atoms with Crippen molar-refractivity contribution in [1.29, 1.82) is 0 Å². The number of rotatable bonds is 7. The Bertz CT molecular complexity index is 132. The molecule has 0 unspecified atom stereocenters. The van der Waals surface area contributed by atoms with Gasteiger partial charge in [-0.15, -0.1) is 0 Å². The van der Waals surface area contributed by atoms with Crippen LogP contribution in [0.15, 0.2) is 38.0 Å². The molecule has 0 atom stereocenters. The summed E-state index contributed by atoms with van der Waals surface area (Å²) < 4.78 is 5.18. The fraction of sp³-hybridized carbons (Fsp3) is 0.455. The third kappa shape index (κ3) is 3.61. The van der Waals surface area contributed by atoms with Crippen LogP contribution in [0.4, 0.5) is 0 Å². The number of hydrogen-bond donors (Lipinski definition) is 0. The van der Waals surface area contributed by atoms with Crippen molar-refractivity contribution in [2.45, 2.75) is 24.7 Å². The van der Waals surface area contributed by atoms with Crippen LogP contribution < -0.4 is 0 Å². The van der Waals surface area contributed by atoms with E-state index in [-0.39, 0.29) is 0 Å². The minimum atomic E-state index is -1.87. The summed E-state index contributed by atoms with van der Waals surface area (Å²) in [6.45, 7) is 13.8. The van der Waals surface area contributed by atoms with Gasteiger partial charge in [0.05, 0.1) is 0 Å². The molecular weight excluding hydrogens is 251 g/mol. The SMILES string of the molecule is C=C[CH2][Sn]([CH2]C)([CH2]C=C)[CH2]C=C. The van der Waals surface area contributed by atoms with Gasteiger partial charge in [-0.05, 0) is 0 Å². The fourth-order valence-electron chi connectivity index (χ4n) is 1.60. The first-order valence-corrected chi connectivity index (χ1v) is 12.6. The molecule has 1 heteroatoms. The van der Waals surface area contributed by atoms with E-state index in [9.17, 15) is 0 Å². The molecule has 0 saturated heterocycles. The molecule has 12 heavy (non-hydrogen) atoms. The summed E-state index contributed by atoms with van der Waals surface area (Å²) in [4.78, 5) is 0. The molecule has 0 aliphatic heterocycles. The molecule has 68 valence electrons. The van der Waals surface area contributed by atoms with Crippen LogP contribution in [0.1, 0.15) is 6.92 Å². The zero-order valence-electron chi connectivity index (χ0n) is 8.18. The van der Waals surface area contributed by atoms with E-state index in [1.807, 2.05) is 0 Å². The second-order valence-electron chi connectivity index (χ2n) is 3.33. The summed E-state index contributed by atoms with van der Waals surface area (Å²) in [6, 6.07) is 0. The van der Waals surface area contributed by atoms with E-state index in [1.165, 1.54) is 17.7 Å². The van der Waals surface area contributed by atoms with E-state index >= 15 is 0 Å². The van der Waals surface area contributed by atoms with Gasteiger partial charge in [-0.25, -0.2) is 0 Å². The monoisotopic (exact) mass is 272 g/mol. The molecule has 0 aromatic heterocycles. The molecule has 0 nitrogen and oxygen atoms in total. The van der Waals surface area contributed by atoms with Gasteiger partial charge < -0.3 is 0 Å². The first-order chi connectivity index (χ1) is 5.74. The van der Waals surface area contributed by atoms with Crippen LogP contribution in [0.5, 0.6) is 0 Å². The van der Waals surface area contributed by atoms with E-state index in [0.717, 1.165) is 0 Å². The summed E-state index contributed by atoms with van der Waals surface area (Å²) in [5.41, 5.74) is 0. The van der Waals surface area contributed by atoms with Gasteiger partial charge in [-0.2, -0.15) is 0 Å². The van der Waals surface area contributed by atoms with Crippen molar-refractivity contribution in [2.75, 3.05) is 0 Å². The van der Waals surface area contributed by atoms with Crippen molar-refractivity contribution in [3.05, 3.63) is 38.0 Å². The van der Waals surface area contributed by atoms with E-state index in [4.69, 9.17) is 0 Å². The summed E-state index contributed by atoms with van der Waals surface area (Å²) in [5.74, 6) is 0. The van der Waals surface area contributed by atoms with Crippen LogP contribution in [-0.4, -0.2) is 18.4 Å². The summed E-state index contributed by atoms with van der Waals surface area (Å²) in [5, 5.41) is 0. The van der Waals surface area contributed by atoms with Crippen LogP contribution in [-0.2, 0) is 0 Å². The second-order valence-corrected chi connectivity index (χ2v) is 17.4. The normalized spacial score (nSPS) is 10.8. The molecule has 0 bridgehead atoms. The Balaban J connectivity index is 4.35. The predicted molar refractivity (Wildman–Crippen MR) is 61.2 cm³/mol. The Morgan fingerprint density at radius 1 is 0.917 bits per heavy atom. The standard InChI is InChI=1S/3C3H5.C2H5.Sn/c3*1-3-2;1-2;/h3*3H,1-2H2;1H2,2H3;. The first-order valence-electron chi connectivity index (χ1n) is 4.57. The van der Waals surface area contributed by atoms with E-state index in [2.05, 4.69) is 44.9 Å². The summed E-state index contributed by atoms with van der Waals surface area (Å²) >= 11 is -1.87. The van der Waals surface area contributed by atoms with Crippen molar-refractivity contribution in [3.63, 3.8) is 0 Å². The average molecular weight is 271 g/mol. The molecule has 0 aliphatic carbocycles. The maximum atomic E-state index is 3.84. The molecule has 0 rings (SSSR count). The third-order valence-electron chi connectivity index (χ3n) is 2.48. The predicted octanol–water partition coefficient (Wildman–Crippen LogP) is 4.01. The van der Waals surface area contributed by atoms with Crippen molar-refractivity contribution < 1.29 is 0 Å². The Kier molecular flexibility index (Phi) is 6.54. The van der Waals surface area contributed by atoms with Gasteiger partial charge in [-0.1, -0.05) is 0 Å². The van der Waals surface area contributed by atoms with Crippen molar-refractivity contribution in [1.82, 2.24) is 0 Å². The van der Waals surface area contributed by atoms with Crippen LogP contribution in [0.25, 0.3) is 0 Å². The molecule has 0 aromatic carbocycles. The topological polar surface area (TPSA) is 0 Å². The van der Waals surface area contributed by atoms with E-state index < -0.39 is 18.4 Å². The summed E-state index contributed by atoms with van der Waals surface area (Å²) in [7, 11) is 0. The minimum absolute atomic E-state index is 1.27. The Hall–Kier alpha value is 0.0187. The Labute approximate surface area is 80.9 Å². The first kappa shape index (κ1) is 12.0. The van der Waals surface area contributed by atoms with E-state index in [1.54, 1.807) is 0 Å². The molecule has 0 fully saturated rings. The van der Waals surface area contributed by atoms with Gasteiger partial charge in [-0.3, -0.25) is 0 Å². The van der Waals surface area contributed by atoms with Gasteiger partial charge >= 0.3 is 81.0 Å². The van der Waals surface area contributed by atoms with Gasteiger partial charge in [0, 0.05) is 0 Å². The van der Waals surface area contributed by atoms with Crippen molar-refractivity contribution >= 4 is 18.4 Å². The fourth-order valence-corrected chi connectivity index (χ4v) is 10.7. The van der Waals surface area contributed by atoms with Gasteiger partial charge in [0.2, 0.25) is 0 Å². The Morgan fingerprint density at radius 2 is 1.25 bits per heavy atom. The van der Waals surface area contributed by atoms with Crippen LogP contribution in [0, 0.1) is 0 Å². The molecule has 0 N–H and O–H groups in total. The average Bonchev–Trinajstić information content (AvgIpc) is 2.06. The second kappa shape index (κ2) is 6.53. The van der Waals surface area contributed by atoms with E-state index in [0.29, 0.717) is 0 Å². The van der Waals surface area contributed by atoms with Crippen molar-refractivity contribution in [3.8, 4) is 0 Å². The van der Waals surface area contributed by atoms with Gasteiger partial charge in [0.1, 0.15) is 0 Å². The van der Waals surface area contributed by atoms with Crippen LogP contribution >= 0.6 is 0 Å². The van der Waals surface area contributed by atoms with Crippen LogP contribution in [0.3, 0.4) is 0 Å². The summed E-state index contributed by atoms with van der Waals surface area (Å²) in [6.07, 6.45) is 6.27. The molecule has 0 aromatic rings. The molecular formula is C11H20Sn. The van der Waals surface area contributed by atoms with Crippen LogP contribution in [0.2, 0.25) is 17.7 Å². The molecule has 0 aliphatic rings. The zero-order chi connectivity index (χ0) is 9.45. The molecule has 0 heterocycles. The molecule has 0 amide bonds. The van der Waals surface area contributed by atoms with Gasteiger partial charge in [0.25, 0.3) is 0 Å². The maximum absolute atomic E-state index is 3.84. The van der Waals surface area contributed by atoms with Gasteiger partial charge in [0.15, 0.2) is 0 Å². The number of allylic oxidation sites excluding steroid dienone is 3.